The fourth-order valence-corrected chi connectivity index (χ4v) is 5.41. The van der Waals surface area contributed by atoms with Crippen LogP contribution in [-0.2, 0) is 11.3 Å². The number of hydrogen-bond donors (Lipinski definition) is 1. The van der Waals surface area contributed by atoms with Gasteiger partial charge in [0.05, 0.1) is 42.6 Å². The minimum Gasteiger partial charge on any atom is -0.444 e. The first-order valence-corrected chi connectivity index (χ1v) is 14.7. The maximum absolute atomic E-state index is 12.7. The highest BCUT2D eigenvalue weighted by molar-refractivity contribution is 5.69. The van der Waals surface area contributed by atoms with Gasteiger partial charge in [0.25, 0.3) is 5.88 Å². The molecule has 0 unspecified atom stereocenters. The zero-order valence-electron chi connectivity index (χ0n) is 25.6. The van der Waals surface area contributed by atoms with Crippen molar-refractivity contribution in [3.05, 3.63) is 36.4 Å². The SMILES string of the molecule is C[C@@H]1CCCN1c1cc(-c2cnc(N)c(Oc3cnn(C4CCN(C)CC4)c3)n2)cc(CN(C)C(=O)OC(C)(C)C)n1. The smallest absolute Gasteiger partial charge is 0.410 e. The first kappa shape index (κ1) is 29.6. The number of piperidine rings is 1. The van der Waals surface area contributed by atoms with Crippen LogP contribution in [0.1, 0.15) is 65.1 Å². The van der Waals surface area contributed by atoms with Crippen LogP contribution < -0.4 is 15.4 Å². The Morgan fingerprint density at radius 2 is 1.88 bits per heavy atom. The number of carbonyl (C=O) groups excluding carboxylic acids is 1. The monoisotopic (exact) mass is 577 g/mol. The average molecular weight is 578 g/mol. The van der Waals surface area contributed by atoms with Crippen molar-refractivity contribution in [1.29, 1.82) is 0 Å². The lowest BCUT2D eigenvalue weighted by molar-refractivity contribution is 0.0283. The van der Waals surface area contributed by atoms with Gasteiger partial charge in [-0.25, -0.2) is 19.7 Å². The molecule has 5 heterocycles. The van der Waals surface area contributed by atoms with Gasteiger partial charge >= 0.3 is 6.09 Å². The van der Waals surface area contributed by atoms with E-state index >= 15 is 0 Å². The fourth-order valence-electron chi connectivity index (χ4n) is 5.41. The van der Waals surface area contributed by atoms with Crippen LogP contribution in [-0.4, -0.2) is 86.0 Å². The Kier molecular flexibility index (Phi) is 8.53. The number of amides is 1. The Labute approximate surface area is 247 Å². The topological polar surface area (TPSA) is 128 Å². The molecule has 0 radical (unpaired) electrons. The summed E-state index contributed by atoms with van der Waals surface area (Å²) in [5.41, 5.74) is 7.74. The summed E-state index contributed by atoms with van der Waals surface area (Å²) in [6.45, 7) is 11.0. The molecule has 2 aliphatic rings. The van der Waals surface area contributed by atoms with Crippen LogP contribution >= 0.6 is 0 Å². The summed E-state index contributed by atoms with van der Waals surface area (Å²) in [6, 6.07) is 4.64. The van der Waals surface area contributed by atoms with Crippen molar-refractivity contribution in [3.8, 4) is 22.9 Å². The van der Waals surface area contributed by atoms with Crippen molar-refractivity contribution < 1.29 is 14.3 Å². The standard InChI is InChI=1S/C30H43N9O3/c1-20-8-7-11-38(20)26-15-21(14-22(34-26)18-37(6)29(40)42-30(2,3)4)25-17-32-27(31)28(35-25)41-24-16-33-39(19-24)23-9-12-36(5)13-10-23/h14-17,19-20,23H,7-13,18H2,1-6H3,(H2,31,32)/t20-/m1/s1. The van der Waals surface area contributed by atoms with Crippen LogP contribution in [0.4, 0.5) is 16.4 Å². The van der Waals surface area contributed by atoms with E-state index < -0.39 is 11.7 Å². The second-order valence-electron chi connectivity index (χ2n) is 12.5. The highest BCUT2D eigenvalue weighted by atomic mass is 16.6. The van der Waals surface area contributed by atoms with Gasteiger partial charge in [-0.05, 0) is 85.6 Å². The third-order valence-corrected chi connectivity index (χ3v) is 7.73. The van der Waals surface area contributed by atoms with Crippen LogP contribution in [0.3, 0.4) is 0 Å². The van der Waals surface area contributed by atoms with E-state index in [4.69, 9.17) is 25.2 Å². The molecule has 3 aromatic heterocycles. The minimum atomic E-state index is -0.587. The van der Waals surface area contributed by atoms with Gasteiger partial charge in [0.2, 0.25) is 0 Å². The number of nitrogens with zero attached hydrogens (tertiary/aromatic N) is 8. The molecule has 0 aromatic carbocycles. The Hall–Kier alpha value is -3.93. The summed E-state index contributed by atoms with van der Waals surface area (Å²) in [6.07, 6.45) is 9.10. The molecule has 0 saturated carbocycles. The van der Waals surface area contributed by atoms with E-state index in [1.807, 2.05) is 43.8 Å². The largest absolute Gasteiger partial charge is 0.444 e. The second kappa shape index (κ2) is 12.1. The summed E-state index contributed by atoms with van der Waals surface area (Å²) in [5, 5.41) is 4.54. The predicted molar refractivity (Wildman–Crippen MR) is 161 cm³/mol. The van der Waals surface area contributed by atoms with Crippen molar-refractivity contribution >= 4 is 17.7 Å². The van der Waals surface area contributed by atoms with Crippen LogP contribution in [0.2, 0.25) is 0 Å². The number of ether oxygens (including phenoxy) is 2. The number of rotatable bonds is 7. The minimum absolute atomic E-state index is 0.193. The van der Waals surface area contributed by atoms with E-state index in [0.717, 1.165) is 62.4 Å². The molecule has 2 fully saturated rings. The molecule has 0 aliphatic carbocycles. The molecule has 5 rings (SSSR count). The lowest BCUT2D eigenvalue weighted by atomic mass is 10.1. The third kappa shape index (κ3) is 7.10. The molecule has 0 spiro atoms. The van der Waals surface area contributed by atoms with Gasteiger partial charge in [-0.3, -0.25) is 4.68 Å². The summed E-state index contributed by atoms with van der Waals surface area (Å²) >= 11 is 0. The van der Waals surface area contributed by atoms with Gasteiger partial charge in [-0.2, -0.15) is 5.10 Å². The van der Waals surface area contributed by atoms with Gasteiger partial charge < -0.3 is 29.9 Å². The highest BCUT2D eigenvalue weighted by Gasteiger charge is 2.25. The average Bonchev–Trinajstić information content (AvgIpc) is 3.58. The molecule has 1 amide bonds. The Morgan fingerprint density at radius 1 is 1.12 bits per heavy atom. The number of nitrogens with two attached hydrogens (primary N) is 1. The summed E-state index contributed by atoms with van der Waals surface area (Å²) < 4.78 is 13.6. The van der Waals surface area contributed by atoms with Crippen molar-refractivity contribution in [1.82, 2.24) is 34.5 Å². The normalized spacial score (nSPS) is 18.3. The zero-order valence-corrected chi connectivity index (χ0v) is 25.6. The maximum atomic E-state index is 12.7. The highest BCUT2D eigenvalue weighted by Crippen LogP contribution is 2.32. The Bertz CT molecular complexity index is 1390. The molecule has 42 heavy (non-hydrogen) atoms. The summed E-state index contributed by atoms with van der Waals surface area (Å²) in [7, 11) is 3.85. The Balaban J connectivity index is 1.41. The van der Waals surface area contributed by atoms with Crippen molar-refractivity contribution in [2.24, 2.45) is 0 Å². The maximum Gasteiger partial charge on any atom is 0.410 e. The molecule has 2 saturated heterocycles. The first-order chi connectivity index (χ1) is 19.9. The lowest BCUT2D eigenvalue weighted by Gasteiger charge is -2.28. The van der Waals surface area contributed by atoms with Gasteiger partial charge in [-0.15, -0.1) is 0 Å². The molecule has 2 aliphatic heterocycles. The molecule has 226 valence electrons. The molecular formula is C30H43N9O3. The number of hydrogen-bond acceptors (Lipinski definition) is 10. The summed E-state index contributed by atoms with van der Waals surface area (Å²) in [4.78, 5) is 32.9. The summed E-state index contributed by atoms with van der Waals surface area (Å²) in [5.74, 6) is 1.81. The fraction of sp³-hybridized carbons (Fsp3) is 0.567. The van der Waals surface area contributed by atoms with Crippen LogP contribution in [0.5, 0.6) is 11.6 Å². The van der Waals surface area contributed by atoms with E-state index in [1.54, 1.807) is 19.4 Å². The van der Waals surface area contributed by atoms with Gasteiger partial charge in [0, 0.05) is 25.2 Å². The quantitative estimate of drug-likeness (QED) is 0.421. The lowest BCUT2D eigenvalue weighted by Crippen LogP contribution is -2.34. The van der Waals surface area contributed by atoms with E-state index in [9.17, 15) is 4.79 Å². The predicted octanol–water partition coefficient (Wildman–Crippen LogP) is 4.73. The number of pyridine rings is 1. The molecule has 12 nitrogen and oxygen atoms in total. The molecule has 3 aromatic rings. The number of carbonyl (C=O) groups is 1. The van der Waals surface area contributed by atoms with Gasteiger partial charge in [0.1, 0.15) is 11.4 Å². The number of likely N-dealkylation sites (tertiary alicyclic amines) is 1. The molecule has 0 bridgehead atoms. The van der Waals surface area contributed by atoms with Crippen molar-refractivity contribution in [3.63, 3.8) is 0 Å². The second-order valence-corrected chi connectivity index (χ2v) is 12.5. The van der Waals surface area contributed by atoms with E-state index in [1.165, 1.54) is 4.90 Å². The van der Waals surface area contributed by atoms with E-state index in [-0.39, 0.29) is 18.2 Å². The van der Waals surface area contributed by atoms with Crippen LogP contribution in [0.15, 0.2) is 30.7 Å². The van der Waals surface area contributed by atoms with Crippen LogP contribution in [0, 0.1) is 0 Å². The zero-order chi connectivity index (χ0) is 30.0. The Morgan fingerprint density at radius 3 is 2.57 bits per heavy atom. The molecule has 1 atom stereocenters. The molecule has 2 N–H and O–H groups in total. The van der Waals surface area contributed by atoms with Crippen molar-refractivity contribution in [2.45, 2.75) is 77.6 Å². The van der Waals surface area contributed by atoms with E-state index in [2.05, 4.69) is 33.9 Å². The molecule has 12 heteroatoms. The number of nitrogen functional groups attached to an aromatic ring is 1. The van der Waals surface area contributed by atoms with Gasteiger partial charge in [0.15, 0.2) is 11.6 Å². The first-order valence-electron chi connectivity index (χ1n) is 14.7. The van der Waals surface area contributed by atoms with Gasteiger partial charge in [-0.1, -0.05) is 0 Å². The van der Waals surface area contributed by atoms with Crippen molar-refractivity contribution in [2.75, 3.05) is 44.4 Å². The number of aromatic nitrogens is 5. The van der Waals surface area contributed by atoms with Crippen LogP contribution in [0.25, 0.3) is 11.3 Å². The third-order valence-electron chi connectivity index (χ3n) is 7.73. The molecular weight excluding hydrogens is 534 g/mol. The van der Waals surface area contributed by atoms with E-state index in [0.29, 0.717) is 23.5 Å². The number of anilines is 2.